The molecule has 3 heterocycles. The van der Waals surface area contributed by atoms with Gasteiger partial charge in [-0.1, -0.05) is 12.1 Å². The fourth-order valence-electron chi connectivity index (χ4n) is 3.57. The largest absolute Gasteiger partial charge is 0.337 e. The molecule has 1 aromatic heterocycles. The fraction of sp³-hybridized carbons (Fsp3) is 0.263. The number of carbonyl (C=O) groups is 5. The second-order valence-electron chi connectivity index (χ2n) is 6.74. The predicted molar refractivity (Wildman–Crippen MR) is 97.8 cm³/mol. The molecule has 29 heavy (non-hydrogen) atoms. The van der Waals surface area contributed by atoms with Gasteiger partial charge in [0, 0.05) is 25.4 Å². The Hall–Kier alpha value is -3.82. The second kappa shape index (κ2) is 7.30. The van der Waals surface area contributed by atoms with Crippen LogP contribution in [-0.4, -0.2) is 56.7 Å². The van der Waals surface area contributed by atoms with Crippen molar-refractivity contribution in [3.8, 4) is 0 Å². The van der Waals surface area contributed by atoms with E-state index in [4.69, 9.17) is 0 Å². The molecule has 10 heteroatoms. The van der Waals surface area contributed by atoms with E-state index in [0.717, 1.165) is 4.90 Å². The average Bonchev–Trinajstić information content (AvgIpc) is 3.31. The second-order valence-corrected chi connectivity index (χ2v) is 6.74. The minimum Gasteiger partial charge on any atom is -0.337 e. The van der Waals surface area contributed by atoms with E-state index in [1.54, 1.807) is 12.1 Å². The van der Waals surface area contributed by atoms with Crippen molar-refractivity contribution in [3.63, 3.8) is 0 Å². The Kier molecular flexibility index (Phi) is 4.67. The Bertz CT molecular complexity index is 1030. The van der Waals surface area contributed by atoms with Gasteiger partial charge >= 0.3 is 6.03 Å². The van der Waals surface area contributed by atoms with Crippen molar-refractivity contribution >= 4 is 29.7 Å². The monoisotopic (exact) mass is 395 g/mol. The first kappa shape index (κ1) is 18.5. The number of carbonyl (C=O) groups excluding carboxylic acids is 5. The molecule has 2 aliphatic heterocycles. The highest BCUT2D eigenvalue weighted by Gasteiger charge is 2.45. The van der Waals surface area contributed by atoms with Crippen LogP contribution in [0.1, 0.15) is 39.1 Å². The molecule has 4 rings (SSSR count). The van der Waals surface area contributed by atoms with Gasteiger partial charge in [-0.25, -0.2) is 9.78 Å². The minimum absolute atomic E-state index is 0.0664. The van der Waals surface area contributed by atoms with E-state index >= 15 is 0 Å². The molecule has 148 valence electrons. The Labute approximate surface area is 164 Å². The summed E-state index contributed by atoms with van der Waals surface area (Å²) in [6.07, 6.45) is 4.86. The summed E-state index contributed by atoms with van der Waals surface area (Å²) in [5.41, 5.74) is 1.05. The van der Waals surface area contributed by atoms with E-state index in [9.17, 15) is 24.0 Å². The summed E-state index contributed by atoms with van der Waals surface area (Å²) in [6.45, 7) is 0.243. The fourth-order valence-corrected chi connectivity index (χ4v) is 3.57. The third-order valence-electron chi connectivity index (χ3n) is 4.96. The third-order valence-corrected chi connectivity index (χ3v) is 4.96. The normalized spacial score (nSPS) is 18.6. The SMILES string of the molecule is O=C1CCC(N2C(=O)c3cccc(CCNC(=O)n4ccnc4)c3C2=O)C(=O)N1. The van der Waals surface area contributed by atoms with Crippen molar-refractivity contribution in [2.24, 2.45) is 0 Å². The minimum atomic E-state index is -1.01. The van der Waals surface area contributed by atoms with E-state index in [1.165, 1.54) is 29.4 Å². The molecule has 0 radical (unpaired) electrons. The summed E-state index contributed by atoms with van der Waals surface area (Å²) in [5, 5.41) is 4.88. The lowest BCUT2D eigenvalue weighted by Crippen LogP contribution is -2.54. The highest BCUT2D eigenvalue weighted by atomic mass is 16.2. The zero-order valence-corrected chi connectivity index (χ0v) is 15.3. The van der Waals surface area contributed by atoms with Crippen molar-refractivity contribution < 1.29 is 24.0 Å². The van der Waals surface area contributed by atoms with Gasteiger partial charge < -0.3 is 5.32 Å². The highest BCUT2D eigenvalue weighted by molar-refractivity contribution is 6.24. The van der Waals surface area contributed by atoms with Gasteiger partial charge in [0.1, 0.15) is 12.4 Å². The van der Waals surface area contributed by atoms with E-state index in [2.05, 4.69) is 15.6 Å². The molecule has 1 atom stereocenters. The topological polar surface area (TPSA) is 130 Å². The molecule has 0 bridgehead atoms. The zero-order chi connectivity index (χ0) is 20.5. The Morgan fingerprint density at radius 1 is 1.21 bits per heavy atom. The van der Waals surface area contributed by atoms with E-state index in [1.807, 2.05) is 0 Å². The van der Waals surface area contributed by atoms with Gasteiger partial charge in [-0.3, -0.25) is 34.0 Å². The molecule has 1 saturated heterocycles. The Morgan fingerprint density at radius 2 is 2.03 bits per heavy atom. The number of fused-ring (bicyclic) bond motifs is 1. The molecular weight excluding hydrogens is 378 g/mol. The number of nitrogens with zero attached hydrogens (tertiary/aromatic N) is 3. The number of hydrogen-bond donors (Lipinski definition) is 2. The number of hydrogen-bond acceptors (Lipinski definition) is 6. The maximum Gasteiger partial charge on any atom is 0.326 e. The molecule has 2 aromatic rings. The summed E-state index contributed by atoms with van der Waals surface area (Å²) in [6, 6.07) is 3.54. The number of aromatic nitrogens is 2. The first-order valence-electron chi connectivity index (χ1n) is 9.07. The number of imide groups is 2. The van der Waals surface area contributed by atoms with Crippen molar-refractivity contribution in [1.29, 1.82) is 0 Å². The number of rotatable bonds is 4. The van der Waals surface area contributed by atoms with Crippen LogP contribution in [0.2, 0.25) is 0 Å². The van der Waals surface area contributed by atoms with Crippen molar-refractivity contribution in [3.05, 3.63) is 53.6 Å². The zero-order valence-electron chi connectivity index (χ0n) is 15.3. The molecule has 0 saturated carbocycles. The van der Waals surface area contributed by atoms with Crippen molar-refractivity contribution in [2.75, 3.05) is 6.54 Å². The van der Waals surface area contributed by atoms with Gasteiger partial charge in [0.2, 0.25) is 11.8 Å². The summed E-state index contributed by atoms with van der Waals surface area (Å²) in [4.78, 5) is 66.0. The average molecular weight is 395 g/mol. The van der Waals surface area contributed by atoms with Crippen LogP contribution in [-0.2, 0) is 16.0 Å². The van der Waals surface area contributed by atoms with Crippen LogP contribution in [0.25, 0.3) is 0 Å². The molecule has 0 aliphatic carbocycles. The Morgan fingerprint density at radius 3 is 2.76 bits per heavy atom. The highest BCUT2D eigenvalue weighted by Crippen LogP contribution is 2.30. The summed E-state index contributed by atoms with van der Waals surface area (Å²) < 4.78 is 1.29. The Balaban J connectivity index is 1.51. The summed E-state index contributed by atoms with van der Waals surface area (Å²) in [5.74, 6) is -2.18. The van der Waals surface area contributed by atoms with E-state index in [-0.39, 0.29) is 36.5 Å². The standard InChI is InChI=1S/C19H17N5O5/c25-14-5-4-13(16(26)22-14)24-17(27)12-3-1-2-11(15(12)18(24)28)6-7-21-19(29)23-9-8-20-10-23/h1-3,8-10,13H,4-7H2,(H,21,29)(H,22,25,26). The van der Waals surface area contributed by atoms with Gasteiger partial charge in [0.25, 0.3) is 11.8 Å². The molecule has 10 nitrogen and oxygen atoms in total. The van der Waals surface area contributed by atoms with Gasteiger partial charge in [0.05, 0.1) is 11.1 Å². The third kappa shape index (κ3) is 3.28. The smallest absolute Gasteiger partial charge is 0.326 e. The first-order valence-corrected chi connectivity index (χ1v) is 9.07. The van der Waals surface area contributed by atoms with Crippen LogP contribution in [0.4, 0.5) is 4.79 Å². The van der Waals surface area contributed by atoms with Gasteiger partial charge in [-0.2, -0.15) is 0 Å². The molecule has 5 amide bonds. The van der Waals surface area contributed by atoms with Crippen LogP contribution >= 0.6 is 0 Å². The van der Waals surface area contributed by atoms with Gasteiger partial charge in [0.15, 0.2) is 0 Å². The van der Waals surface area contributed by atoms with E-state index < -0.39 is 29.7 Å². The van der Waals surface area contributed by atoms with Crippen molar-refractivity contribution in [1.82, 2.24) is 25.1 Å². The molecule has 1 unspecified atom stereocenters. The molecule has 2 aliphatic rings. The quantitative estimate of drug-likeness (QED) is 0.706. The van der Waals surface area contributed by atoms with Crippen LogP contribution in [0.15, 0.2) is 36.9 Å². The lowest BCUT2D eigenvalue weighted by atomic mass is 10.0. The molecule has 1 aromatic carbocycles. The number of benzene rings is 1. The number of piperidine rings is 1. The first-order chi connectivity index (χ1) is 14.0. The summed E-state index contributed by atoms with van der Waals surface area (Å²) >= 11 is 0. The molecule has 1 fully saturated rings. The number of amides is 5. The molecular formula is C19H17N5O5. The van der Waals surface area contributed by atoms with Crippen LogP contribution < -0.4 is 10.6 Å². The van der Waals surface area contributed by atoms with E-state index in [0.29, 0.717) is 12.0 Å². The molecule has 2 N–H and O–H groups in total. The predicted octanol–water partition coefficient (Wildman–Crippen LogP) is 0.0847. The van der Waals surface area contributed by atoms with Crippen LogP contribution in [0.3, 0.4) is 0 Å². The van der Waals surface area contributed by atoms with Gasteiger partial charge in [-0.05, 0) is 24.5 Å². The lowest BCUT2D eigenvalue weighted by Gasteiger charge is -2.27. The van der Waals surface area contributed by atoms with Crippen molar-refractivity contribution in [2.45, 2.75) is 25.3 Å². The van der Waals surface area contributed by atoms with Crippen LogP contribution in [0.5, 0.6) is 0 Å². The molecule has 0 spiro atoms. The lowest BCUT2D eigenvalue weighted by molar-refractivity contribution is -0.136. The maximum absolute atomic E-state index is 13.0. The van der Waals surface area contributed by atoms with Gasteiger partial charge in [-0.15, -0.1) is 0 Å². The summed E-state index contributed by atoms with van der Waals surface area (Å²) in [7, 11) is 0. The maximum atomic E-state index is 13.0. The van der Waals surface area contributed by atoms with Crippen LogP contribution in [0, 0.1) is 0 Å². The number of nitrogens with one attached hydrogen (secondary N) is 2. The number of imidazole rings is 1.